The minimum absolute atomic E-state index is 0.0864. The molecule has 0 amide bonds. The number of nitrogens with one attached hydrogen (secondary N) is 1. The minimum atomic E-state index is -0.530. The van der Waals surface area contributed by atoms with Crippen LogP contribution in [0.4, 0.5) is 5.82 Å². The first-order valence-corrected chi connectivity index (χ1v) is 7.10. The van der Waals surface area contributed by atoms with Crippen LogP contribution in [-0.2, 0) is 4.74 Å². The van der Waals surface area contributed by atoms with E-state index < -0.39 is 12.1 Å². The van der Waals surface area contributed by atoms with E-state index in [1.807, 2.05) is 0 Å². The van der Waals surface area contributed by atoms with Crippen molar-refractivity contribution in [2.45, 2.75) is 20.0 Å². The van der Waals surface area contributed by atoms with Gasteiger partial charge in [0.1, 0.15) is 15.5 Å². The predicted octanol–water partition coefficient (Wildman–Crippen LogP) is 2.23. The van der Waals surface area contributed by atoms with E-state index in [1.165, 1.54) is 18.4 Å². The van der Waals surface area contributed by atoms with Crippen molar-refractivity contribution in [3.63, 3.8) is 0 Å². The van der Waals surface area contributed by atoms with Gasteiger partial charge >= 0.3 is 5.97 Å². The smallest absolute Gasteiger partial charge is 0.348 e. The van der Waals surface area contributed by atoms with Crippen molar-refractivity contribution >= 4 is 44.9 Å². The standard InChI is InChI=1S/C12H14ClN3O3S/c1-5(17)4-14-9-7-6(2)8(11(18)19-3)20-10(7)16-12(13)15-9/h5,17H,4H2,1-3H3,(H,14,15,16). The quantitative estimate of drug-likeness (QED) is 0.665. The molecule has 2 heterocycles. The number of methoxy groups -OCH3 is 1. The Morgan fingerprint density at radius 2 is 2.25 bits per heavy atom. The lowest BCUT2D eigenvalue weighted by molar-refractivity contribution is 0.0605. The summed E-state index contributed by atoms with van der Waals surface area (Å²) in [6.07, 6.45) is -0.530. The van der Waals surface area contributed by atoms with Crippen LogP contribution < -0.4 is 5.32 Å². The SMILES string of the molecule is COC(=O)c1sc2nc(Cl)nc(NCC(C)O)c2c1C. The number of thiophene rings is 1. The van der Waals surface area contributed by atoms with Gasteiger partial charge in [0, 0.05) is 6.54 Å². The fraction of sp³-hybridized carbons (Fsp3) is 0.417. The first kappa shape index (κ1) is 15.0. The Morgan fingerprint density at radius 1 is 1.55 bits per heavy atom. The van der Waals surface area contributed by atoms with Crippen LogP contribution in [0.3, 0.4) is 0 Å². The molecule has 0 spiro atoms. The molecule has 108 valence electrons. The molecule has 20 heavy (non-hydrogen) atoms. The molecular weight excluding hydrogens is 302 g/mol. The molecule has 0 aliphatic heterocycles. The number of carbonyl (C=O) groups is 1. The van der Waals surface area contributed by atoms with Crippen LogP contribution in [0.2, 0.25) is 5.28 Å². The summed E-state index contributed by atoms with van der Waals surface area (Å²) >= 11 is 7.09. The van der Waals surface area contributed by atoms with Gasteiger partial charge in [-0.25, -0.2) is 14.8 Å². The van der Waals surface area contributed by atoms with Crippen LogP contribution in [0, 0.1) is 6.92 Å². The van der Waals surface area contributed by atoms with Crippen molar-refractivity contribution in [1.82, 2.24) is 9.97 Å². The van der Waals surface area contributed by atoms with Crippen molar-refractivity contribution < 1.29 is 14.6 Å². The predicted molar refractivity (Wildman–Crippen MR) is 78.7 cm³/mol. The highest BCUT2D eigenvalue weighted by atomic mass is 35.5. The molecule has 0 fully saturated rings. The monoisotopic (exact) mass is 315 g/mol. The molecule has 1 unspecified atom stereocenters. The zero-order chi connectivity index (χ0) is 14.9. The average Bonchev–Trinajstić information content (AvgIpc) is 2.72. The normalized spacial score (nSPS) is 12.4. The van der Waals surface area contributed by atoms with Crippen LogP contribution in [-0.4, -0.2) is 40.8 Å². The second-order valence-corrected chi connectivity index (χ2v) is 5.64. The van der Waals surface area contributed by atoms with Crippen LogP contribution in [0.5, 0.6) is 0 Å². The van der Waals surface area contributed by atoms with Gasteiger partial charge in [-0.05, 0) is 31.0 Å². The van der Waals surface area contributed by atoms with Gasteiger partial charge in [-0.2, -0.15) is 0 Å². The summed E-state index contributed by atoms with van der Waals surface area (Å²) in [6, 6.07) is 0. The number of halogens is 1. The second kappa shape index (κ2) is 5.90. The first-order valence-electron chi connectivity index (χ1n) is 5.91. The van der Waals surface area contributed by atoms with Crippen molar-refractivity contribution in [2.24, 2.45) is 0 Å². The Kier molecular flexibility index (Phi) is 4.42. The molecule has 2 N–H and O–H groups in total. The summed E-state index contributed by atoms with van der Waals surface area (Å²) in [6.45, 7) is 3.79. The van der Waals surface area contributed by atoms with Gasteiger partial charge in [0.25, 0.3) is 0 Å². The fourth-order valence-electron chi connectivity index (χ4n) is 1.77. The largest absolute Gasteiger partial charge is 0.465 e. The zero-order valence-electron chi connectivity index (χ0n) is 11.2. The third-order valence-electron chi connectivity index (χ3n) is 2.70. The van der Waals surface area contributed by atoms with E-state index in [-0.39, 0.29) is 5.28 Å². The number of hydrogen-bond acceptors (Lipinski definition) is 7. The van der Waals surface area contributed by atoms with E-state index in [0.29, 0.717) is 22.1 Å². The van der Waals surface area contributed by atoms with Gasteiger partial charge < -0.3 is 15.2 Å². The van der Waals surface area contributed by atoms with E-state index in [2.05, 4.69) is 15.3 Å². The Morgan fingerprint density at radius 3 is 2.85 bits per heavy atom. The van der Waals surface area contributed by atoms with Gasteiger partial charge in [0.05, 0.1) is 18.6 Å². The zero-order valence-corrected chi connectivity index (χ0v) is 12.8. The van der Waals surface area contributed by atoms with Gasteiger partial charge in [0.15, 0.2) is 0 Å². The van der Waals surface area contributed by atoms with Crippen molar-refractivity contribution in [1.29, 1.82) is 0 Å². The summed E-state index contributed by atoms with van der Waals surface area (Å²) in [7, 11) is 1.33. The van der Waals surface area contributed by atoms with Gasteiger partial charge in [-0.3, -0.25) is 0 Å². The molecule has 2 rings (SSSR count). The number of aliphatic hydroxyl groups excluding tert-OH is 1. The highest BCUT2D eigenvalue weighted by molar-refractivity contribution is 7.20. The van der Waals surface area contributed by atoms with Crippen LogP contribution in [0.1, 0.15) is 22.2 Å². The number of hydrogen-bond donors (Lipinski definition) is 2. The second-order valence-electron chi connectivity index (χ2n) is 4.30. The van der Waals surface area contributed by atoms with Gasteiger partial charge in [-0.1, -0.05) is 0 Å². The molecule has 1 atom stereocenters. The van der Waals surface area contributed by atoms with Crippen molar-refractivity contribution in [2.75, 3.05) is 19.0 Å². The Balaban J connectivity index is 2.56. The molecule has 0 aliphatic carbocycles. The number of anilines is 1. The van der Waals surface area contributed by atoms with E-state index in [9.17, 15) is 9.90 Å². The number of esters is 1. The molecule has 2 aromatic heterocycles. The number of fused-ring (bicyclic) bond motifs is 1. The Hall–Kier alpha value is -1.44. The molecule has 0 aliphatic rings. The first-order chi connectivity index (χ1) is 9.43. The van der Waals surface area contributed by atoms with E-state index in [1.54, 1.807) is 13.8 Å². The maximum atomic E-state index is 11.7. The third kappa shape index (κ3) is 2.84. The number of rotatable bonds is 4. The number of aliphatic hydroxyl groups is 1. The number of ether oxygens (including phenoxy) is 1. The molecular formula is C12H14ClN3O3S. The van der Waals surface area contributed by atoms with E-state index in [0.717, 1.165) is 10.9 Å². The van der Waals surface area contributed by atoms with Crippen molar-refractivity contribution in [3.05, 3.63) is 15.7 Å². The van der Waals surface area contributed by atoms with Crippen LogP contribution in [0.25, 0.3) is 10.2 Å². The number of aromatic nitrogens is 2. The average molecular weight is 316 g/mol. The maximum Gasteiger partial charge on any atom is 0.348 e. The van der Waals surface area contributed by atoms with E-state index in [4.69, 9.17) is 16.3 Å². The molecule has 0 aromatic carbocycles. The summed E-state index contributed by atoms with van der Waals surface area (Å²) < 4.78 is 4.74. The minimum Gasteiger partial charge on any atom is -0.465 e. The number of aryl methyl sites for hydroxylation is 1. The molecule has 0 radical (unpaired) electrons. The molecule has 2 aromatic rings. The fourth-order valence-corrected chi connectivity index (χ4v) is 3.09. The highest BCUT2D eigenvalue weighted by Crippen LogP contribution is 2.34. The lowest BCUT2D eigenvalue weighted by Crippen LogP contribution is -2.16. The summed E-state index contributed by atoms with van der Waals surface area (Å²) in [4.78, 5) is 21.0. The topological polar surface area (TPSA) is 84.3 Å². The number of nitrogens with zero attached hydrogens (tertiary/aromatic N) is 2. The highest BCUT2D eigenvalue weighted by Gasteiger charge is 2.20. The van der Waals surface area contributed by atoms with Gasteiger partial charge in [0.2, 0.25) is 5.28 Å². The molecule has 8 heteroatoms. The van der Waals surface area contributed by atoms with Gasteiger partial charge in [-0.15, -0.1) is 11.3 Å². The van der Waals surface area contributed by atoms with E-state index >= 15 is 0 Å². The molecule has 0 saturated heterocycles. The Bertz CT molecular complexity index is 657. The Labute approximate surface area is 124 Å². The summed E-state index contributed by atoms with van der Waals surface area (Å²) in [5.41, 5.74) is 0.738. The molecule has 6 nitrogen and oxygen atoms in total. The maximum absolute atomic E-state index is 11.7. The lowest BCUT2D eigenvalue weighted by Gasteiger charge is -2.09. The van der Waals surface area contributed by atoms with Crippen molar-refractivity contribution in [3.8, 4) is 0 Å². The molecule has 0 saturated carbocycles. The van der Waals surface area contributed by atoms with Crippen LogP contribution in [0.15, 0.2) is 0 Å². The summed E-state index contributed by atoms with van der Waals surface area (Å²) in [5, 5.41) is 13.2. The number of carbonyl (C=O) groups excluding carboxylic acids is 1. The molecule has 0 bridgehead atoms. The summed E-state index contributed by atoms with van der Waals surface area (Å²) in [5.74, 6) is 0.0906. The van der Waals surface area contributed by atoms with Crippen LogP contribution >= 0.6 is 22.9 Å². The third-order valence-corrected chi connectivity index (χ3v) is 4.03. The lowest BCUT2D eigenvalue weighted by atomic mass is 10.2.